The van der Waals surface area contributed by atoms with E-state index in [4.69, 9.17) is 0 Å². The first-order valence-corrected chi connectivity index (χ1v) is 13.0. The summed E-state index contributed by atoms with van der Waals surface area (Å²) in [5.41, 5.74) is 0.689. The van der Waals surface area contributed by atoms with Crippen molar-refractivity contribution in [2.75, 3.05) is 0 Å². The standard InChI is InChI=1S/C27H46O3/c1-17(16-28)6-5-7-18(2)21-8-9-22-25-23(11-13-27(21,22)4)26(3)12-10-20(29)14-19(26)15-24(25)30/h16-25,29-30H,5-15H2,1-4H3/t17?,18?,19?,20-,21?,22?,23?,24-,25?,26+,27-/m1/s1. The van der Waals surface area contributed by atoms with Gasteiger partial charge in [0.25, 0.3) is 0 Å². The number of aliphatic hydroxyl groups excluding tert-OH is 2. The Morgan fingerprint density at radius 2 is 1.63 bits per heavy atom. The zero-order valence-corrected chi connectivity index (χ0v) is 19.9. The molecule has 0 aromatic carbocycles. The fourth-order valence-electron chi connectivity index (χ4n) is 9.21. The van der Waals surface area contributed by atoms with E-state index in [9.17, 15) is 15.0 Å². The summed E-state index contributed by atoms with van der Waals surface area (Å²) in [7, 11) is 0. The van der Waals surface area contributed by atoms with Crippen molar-refractivity contribution in [2.24, 2.45) is 52.3 Å². The zero-order valence-electron chi connectivity index (χ0n) is 19.9. The van der Waals surface area contributed by atoms with Gasteiger partial charge in [0.2, 0.25) is 0 Å². The summed E-state index contributed by atoms with van der Waals surface area (Å²) < 4.78 is 0. The van der Waals surface area contributed by atoms with Crippen LogP contribution in [-0.2, 0) is 4.79 Å². The minimum atomic E-state index is -0.175. The van der Waals surface area contributed by atoms with Crippen molar-refractivity contribution < 1.29 is 15.0 Å². The van der Waals surface area contributed by atoms with Gasteiger partial charge in [-0.05, 0) is 104 Å². The van der Waals surface area contributed by atoms with E-state index >= 15 is 0 Å². The van der Waals surface area contributed by atoms with Crippen LogP contribution in [0.4, 0.5) is 0 Å². The molecule has 0 bridgehead atoms. The highest BCUT2D eigenvalue weighted by atomic mass is 16.3. The second-order valence-electron chi connectivity index (χ2n) is 12.5. The molecule has 0 aromatic heterocycles. The fourth-order valence-corrected chi connectivity index (χ4v) is 9.21. The molecule has 172 valence electrons. The minimum Gasteiger partial charge on any atom is -0.393 e. The summed E-state index contributed by atoms with van der Waals surface area (Å²) >= 11 is 0. The van der Waals surface area contributed by atoms with Crippen molar-refractivity contribution in [1.29, 1.82) is 0 Å². The molecule has 4 fully saturated rings. The van der Waals surface area contributed by atoms with Gasteiger partial charge < -0.3 is 15.0 Å². The van der Waals surface area contributed by atoms with Crippen LogP contribution in [0.5, 0.6) is 0 Å². The normalized spacial score (nSPS) is 50.1. The van der Waals surface area contributed by atoms with E-state index in [1.54, 1.807) is 0 Å². The smallest absolute Gasteiger partial charge is 0.122 e. The summed E-state index contributed by atoms with van der Waals surface area (Å²) in [5.74, 6) is 3.94. The van der Waals surface area contributed by atoms with Gasteiger partial charge >= 0.3 is 0 Å². The second-order valence-corrected chi connectivity index (χ2v) is 12.5. The molecule has 0 saturated heterocycles. The maximum absolute atomic E-state index is 11.3. The van der Waals surface area contributed by atoms with E-state index in [1.807, 2.05) is 6.92 Å². The van der Waals surface area contributed by atoms with E-state index in [0.717, 1.165) is 50.7 Å². The summed E-state index contributed by atoms with van der Waals surface area (Å²) in [5, 5.41) is 21.6. The lowest BCUT2D eigenvalue weighted by atomic mass is 9.43. The third kappa shape index (κ3) is 3.70. The molecular weight excluding hydrogens is 372 g/mol. The summed E-state index contributed by atoms with van der Waals surface area (Å²) in [6.07, 6.45) is 13.3. The maximum Gasteiger partial charge on any atom is 0.122 e. The first kappa shape index (κ1) is 22.8. The predicted octanol–water partition coefficient (Wildman–Crippen LogP) is 5.62. The minimum absolute atomic E-state index is 0.153. The van der Waals surface area contributed by atoms with E-state index in [1.165, 1.54) is 32.1 Å². The molecule has 4 aliphatic carbocycles. The molecule has 4 rings (SSSR count). The molecule has 0 heterocycles. The summed E-state index contributed by atoms with van der Waals surface area (Å²) in [4.78, 5) is 10.9. The Morgan fingerprint density at radius 1 is 0.933 bits per heavy atom. The van der Waals surface area contributed by atoms with Crippen molar-refractivity contribution in [1.82, 2.24) is 0 Å². The van der Waals surface area contributed by atoms with Crippen LogP contribution < -0.4 is 0 Å². The van der Waals surface area contributed by atoms with Crippen LogP contribution in [0, 0.1) is 52.3 Å². The Bertz CT molecular complexity index is 619. The molecule has 3 nitrogen and oxygen atoms in total. The molecular formula is C27H46O3. The number of aliphatic hydroxyl groups is 2. The van der Waals surface area contributed by atoms with Gasteiger partial charge in [-0.15, -0.1) is 0 Å². The molecule has 0 amide bonds. The predicted molar refractivity (Wildman–Crippen MR) is 121 cm³/mol. The highest BCUT2D eigenvalue weighted by molar-refractivity contribution is 5.52. The third-order valence-electron chi connectivity index (χ3n) is 11.0. The Labute approximate surface area is 184 Å². The van der Waals surface area contributed by atoms with E-state index in [0.29, 0.717) is 40.4 Å². The average molecular weight is 419 g/mol. The van der Waals surface area contributed by atoms with Gasteiger partial charge in [0, 0.05) is 5.92 Å². The molecule has 11 atom stereocenters. The molecule has 30 heavy (non-hydrogen) atoms. The number of carbonyl (C=O) groups is 1. The van der Waals surface area contributed by atoms with Gasteiger partial charge in [0.15, 0.2) is 0 Å². The number of aldehydes is 1. The van der Waals surface area contributed by atoms with Crippen LogP contribution in [0.3, 0.4) is 0 Å². The SMILES string of the molecule is CC(C=O)CCCC(C)C1CCC2C3C(CC[C@]12C)[C@@]1(C)CC[C@@H](O)CC1C[C@H]3O. The van der Waals surface area contributed by atoms with Crippen LogP contribution in [-0.4, -0.2) is 28.7 Å². The third-order valence-corrected chi connectivity index (χ3v) is 11.0. The monoisotopic (exact) mass is 418 g/mol. The van der Waals surface area contributed by atoms with Gasteiger partial charge in [0.05, 0.1) is 12.2 Å². The molecule has 7 unspecified atom stereocenters. The van der Waals surface area contributed by atoms with Crippen molar-refractivity contribution in [3.8, 4) is 0 Å². The Balaban J connectivity index is 1.48. The van der Waals surface area contributed by atoms with Gasteiger partial charge in [-0.2, -0.15) is 0 Å². The molecule has 2 N–H and O–H groups in total. The number of fused-ring (bicyclic) bond motifs is 5. The van der Waals surface area contributed by atoms with E-state index < -0.39 is 0 Å². The van der Waals surface area contributed by atoms with Crippen LogP contribution in [0.15, 0.2) is 0 Å². The lowest BCUT2D eigenvalue weighted by Gasteiger charge is -2.62. The molecule has 3 heteroatoms. The zero-order chi connectivity index (χ0) is 21.7. The topological polar surface area (TPSA) is 57.5 Å². The largest absolute Gasteiger partial charge is 0.393 e. The van der Waals surface area contributed by atoms with Gasteiger partial charge in [-0.25, -0.2) is 0 Å². The number of hydrogen-bond acceptors (Lipinski definition) is 3. The second kappa shape index (κ2) is 8.50. The molecule has 0 aliphatic heterocycles. The van der Waals surface area contributed by atoms with E-state index in [-0.39, 0.29) is 18.1 Å². The Morgan fingerprint density at radius 3 is 2.37 bits per heavy atom. The highest BCUT2D eigenvalue weighted by Crippen LogP contribution is 2.68. The molecule has 0 radical (unpaired) electrons. The number of hydrogen-bond donors (Lipinski definition) is 2. The van der Waals surface area contributed by atoms with Gasteiger partial charge in [-0.3, -0.25) is 0 Å². The van der Waals surface area contributed by atoms with Crippen molar-refractivity contribution in [2.45, 2.75) is 111 Å². The van der Waals surface area contributed by atoms with E-state index in [2.05, 4.69) is 20.8 Å². The Kier molecular flexibility index (Phi) is 6.45. The molecule has 0 spiro atoms. The number of rotatable bonds is 6. The van der Waals surface area contributed by atoms with Crippen molar-refractivity contribution >= 4 is 6.29 Å². The quantitative estimate of drug-likeness (QED) is 0.551. The molecule has 4 aliphatic rings. The van der Waals surface area contributed by atoms with Crippen molar-refractivity contribution in [3.05, 3.63) is 0 Å². The van der Waals surface area contributed by atoms with Crippen LogP contribution in [0.25, 0.3) is 0 Å². The summed E-state index contributed by atoms with van der Waals surface area (Å²) in [6, 6.07) is 0. The lowest BCUT2D eigenvalue weighted by molar-refractivity contribution is -0.174. The fraction of sp³-hybridized carbons (Fsp3) is 0.963. The average Bonchev–Trinajstić information content (AvgIpc) is 3.06. The van der Waals surface area contributed by atoms with Crippen molar-refractivity contribution in [3.63, 3.8) is 0 Å². The molecule has 4 saturated carbocycles. The van der Waals surface area contributed by atoms with Crippen LogP contribution in [0.2, 0.25) is 0 Å². The Hall–Kier alpha value is -0.410. The summed E-state index contributed by atoms with van der Waals surface area (Å²) in [6.45, 7) is 9.54. The van der Waals surface area contributed by atoms with Crippen LogP contribution >= 0.6 is 0 Å². The maximum atomic E-state index is 11.3. The lowest BCUT2D eigenvalue weighted by Crippen LogP contribution is -2.58. The van der Waals surface area contributed by atoms with Crippen LogP contribution in [0.1, 0.15) is 98.3 Å². The van der Waals surface area contributed by atoms with Gasteiger partial charge in [-0.1, -0.05) is 40.5 Å². The highest BCUT2D eigenvalue weighted by Gasteiger charge is 2.62. The van der Waals surface area contributed by atoms with Gasteiger partial charge in [0.1, 0.15) is 6.29 Å². The first-order valence-electron chi connectivity index (χ1n) is 13.0. The number of carbonyl (C=O) groups excluding carboxylic acids is 1. The first-order chi connectivity index (χ1) is 14.2. The molecule has 0 aromatic rings.